The maximum atomic E-state index is 14.0. The summed E-state index contributed by atoms with van der Waals surface area (Å²) in [6.45, 7) is 5.03. The minimum Gasteiger partial charge on any atom is -0.491 e. The Morgan fingerprint density at radius 3 is 2.16 bits per heavy atom. The van der Waals surface area contributed by atoms with E-state index in [9.17, 15) is 22.4 Å². The van der Waals surface area contributed by atoms with Gasteiger partial charge in [0.05, 0.1) is 32.0 Å². The fourth-order valence-corrected chi connectivity index (χ4v) is 3.74. The summed E-state index contributed by atoms with van der Waals surface area (Å²) in [4.78, 5) is 12.5. The monoisotopic (exact) mass is 534 g/mol. The van der Waals surface area contributed by atoms with E-state index in [0.29, 0.717) is 42.3 Å². The van der Waals surface area contributed by atoms with Gasteiger partial charge in [-0.1, -0.05) is 25.1 Å². The van der Waals surface area contributed by atoms with E-state index < -0.39 is 23.9 Å². The molecule has 1 heterocycles. The van der Waals surface area contributed by atoms with E-state index in [4.69, 9.17) is 18.9 Å². The van der Waals surface area contributed by atoms with E-state index >= 15 is 0 Å². The summed E-state index contributed by atoms with van der Waals surface area (Å²) in [5, 5.41) is 0. The molecule has 0 aromatic heterocycles. The molecular weight excluding hydrogens is 508 g/mol. The molecule has 4 rings (SSSR count). The fourth-order valence-electron chi connectivity index (χ4n) is 3.74. The van der Waals surface area contributed by atoms with Gasteiger partial charge >= 0.3 is 12.3 Å². The first-order valence-corrected chi connectivity index (χ1v) is 11.9. The predicted molar refractivity (Wildman–Crippen MR) is 130 cm³/mol. The first kappa shape index (κ1) is 27.4. The van der Waals surface area contributed by atoms with Crippen LogP contribution < -0.4 is 14.2 Å². The van der Waals surface area contributed by atoms with Gasteiger partial charge in [-0.3, -0.25) is 0 Å². The normalized spacial score (nSPS) is 14.4. The largest absolute Gasteiger partial charge is 0.573 e. The van der Waals surface area contributed by atoms with Gasteiger partial charge in [0.2, 0.25) is 0 Å². The molecule has 0 spiro atoms. The Morgan fingerprint density at radius 2 is 1.58 bits per heavy atom. The minimum atomic E-state index is -4.99. The van der Waals surface area contributed by atoms with Crippen LogP contribution in [0, 0.1) is 11.2 Å². The Balaban J connectivity index is 1.25. The van der Waals surface area contributed by atoms with Crippen LogP contribution in [-0.2, 0) is 9.47 Å². The zero-order valence-corrected chi connectivity index (χ0v) is 20.6. The van der Waals surface area contributed by atoms with Crippen molar-refractivity contribution in [2.45, 2.75) is 19.7 Å². The molecular formula is C28H26F4O6. The van der Waals surface area contributed by atoms with Gasteiger partial charge in [-0.25, -0.2) is 9.18 Å². The lowest BCUT2D eigenvalue weighted by molar-refractivity contribution is -0.275. The van der Waals surface area contributed by atoms with Crippen molar-refractivity contribution in [1.29, 1.82) is 0 Å². The highest BCUT2D eigenvalue weighted by molar-refractivity contribution is 5.91. The molecule has 0 aliphatic carbocycles. The number of alkyl halides is 3. The third kappa shape index (κ3) is 7.23. The van der Waals surface area contributed by atoms with Gasteiger partial charge in [0.25, 0.3) is 0 Å². The molecule has 0 radical (unpaired) electrons. The second-order valence-electron chi connectivity index (χ2n) is 8.88. The van der Waals surface area contributed by atoms with Crippen LogP contribution in [0.2, 0.25) is 0 Å². The Kier molecular flexibility index (Phi) is 8.53. The number of carbonyl (C=O) groups excluding carboxylic acids is 1. The van der Waals surface area contributed by atoms with Crippen molar-refractivity contribution in [1.82, 2.24) is 0 Å². The lowest BCUT2D eigenvalue weighted by atomic mass is 9.84. The van der Waals surface area contributed by atoms with Crippen molar-refractivity contribution in [3.05, 3.63) is 78.1 Å². The van der Waals surface area contributed by atoms with Crippen molar-refractivity contribution in [3.63, 3.8) is 0 Å². The SMILES string of the molecule is CCC1(COCCOc2ccc(C(=O)Oc3ccc(-c4ccc(OC(F)(F)F)c(F)c4)cc3)cc2)COC1. The molecule has 38 heavy (non-hydrogen) atoms. The van der Waals surface area contributed by atoms with Gasteiger partial charge in [-0.05, 0) is 66.1 Å². The Bertz CT molecular complexity index is 1220. The molecule has 6 nitrogen and oxygen atoms in total. The van der Waals surface area contributed by atoms with Crippen LogP contribution in [0.1, 0.15) is 23.7 Å². The maximum Gasteiger partial charge on any atom is 0.573 e. The van der Waals surface area contributed by atoms with Crippen LogP contribution >= 0.6 is 0 Å². The van der Waals surface area contributed by atoms with E-state index in [0.717, 1.165) is 31.8 Å². The van der Waals surface area contributed by atoms with E-state index in [2.05, 4.69) is 11.7 Å². The molecule has 202 valence electrons. The quantitative estimate of drug-likeness (QED) is 0.122. The molecule has 0 unspecified atom stereocenters. The van der Waals surface area contributed by atoms with Gasteiger partial charge in [0.1, 0.15) is 18.1 Å². The van der Waals surface area contributed by atoms with Crippen LogP contribution in [0.5, 0.6) is 17.2 Å². The molecule has 1 fully saturated rings. The molecule has 0 atom stereocenters. The van der Waals surface area contributed by atoms with E-state index in [1.54, 1.807) is 36.4 Å². The average molecular weight is 535 g/mol. The van der Waals surface area contributed by atoms with Crippen molar-refractivity contribution in [2.75, 3.05) is 33.0 Å². The van der Waals surface area contributed by atoms with Gasteiger partial charge in [0, 0.05) is 5.41 Å². The van der Waals surface area contributed by atoms with Gasteiger partial charge in [-0.2, -0.15) is 0 Å². The second kappa shape index (κ2) is 11.8. The first-order chi connectivity index (χ1) is 18.2. The van der Waals surface area contributed by atoms with Crippen molar-refractivity contribution >= 4 is 5.97 Å². The number of carbonyl (C=O) groups is 1. The van der Waals surface area contributed by atoms with E-state index in [-0.39, 0.29) is 11.2 Å². The molecule has 10 heteroatoms. The molecule has 0 amide bonds. The van der Waals surface area contributed by atoms with Crippen LogP contribution in [0.3, 0.4) is 0 Å². The number of esters is 1. The highest BCUT2D eigenvalue weighted by Crippen LogP contribution is 2.32. The maximum absolute atomic E-state index is 14.0. The lowest BCUT2D eigenvalue weighted by Crippen LogP contribution is -2.45. The molecule has 0 N–H and O–H groups in total. The summed E-state index contributed by atoms with van der Waals surface area (Å²) in [6.07, 6.45) is -3.98. The standard InChI is InChI=1S/C28H26F4O6/c1-2-27(17-35-18-27)16-34-13-14-36-22-8-5-20(6-9-22)26(33)37-23-10-3-19(4-11-23)21-7-12-25(24(29)15-21)38-28(30,31)32/h3-12,15H,2,13-14,16-18H2,1H3. The summed E-state index contributed by atoms with van der Waals surface area (Å²) >= 11 is 0. The van der Waals surface area contributed by atoms with Crippen LogP contribution in [-0.4, -0.2) is 45.4 Å². The Labute approximate surface area is 217 Å². The van der Waals surface area contributed by atoms with E-state index in [1.807, 2.05) is 0 Å². The summed E-state index contributed by atoms with van der Waals surface area (Å²) in [5.74, 6) is -1.81. The van der Waals surface area contributed by atoms with Gasteiger partial charge in [-0.15, -0.1) is 13.2 Å². The third-order valence-corrected chi connectivity index (χ3v) is 6.12. The Morgan fingerprint density at radius 1 is 0.921 bits per heavy atom. The number of ether oxygens (including phenoxy) is 5. The summed E-state index contributed by atoms with van der Waals surface area (Å²) in [6, 6.07) is 15.7. The summed E-state index contributed by atoms with van der Waals surface area (Å²) in [5.41, 5.74) is 1.28. The van der Waals surface area contributed by atoms with Crippen molar-refractivity contribution < 1.29 is 46.0 Å². The first-order valence-electron chi connectivity index (χ1n) is 11.9. The molecule has 1 aliphatic heterocycles. The van der Waals surface area contributed by atoms with E-state index in [1.165, 1.54) is 18.2 Å². The molecule has 0 bridgehead atoms. The number of hydrogen-bond acceptors (Lipinski definition) is 6. The molecule has 1 saturated heterocycles. The van der Waals surface area contributed by atoms with Crippen LogP contribution in [0.4, 0.5) is 17.6 Å². The highest BCUT2D eigenvalue weighted by atomic mass is 19.4. The van der Waals surface area contributed by atoms with Crippen LogP contribution in [0.25, 0.3) is 11.1 Å². The van der Waals surface area contributed by atoms with Crippen LogP contribution in [0.15, 0.2) is 66.7 Å². The topological polar surface area (TPSA) is 63.2 Å². The van der Waals surface area contributed by atoms with Gasteiger partial charge in [0.15, 0.2) is 11.6 Å². The Hall–Kier alpha value is -3.63. The number of rotatable bonds is 11. The number of benzene rings is 3. The zero-order valence-electron chi connectivity index (χ0n) is 20.6. The summed E-state index contributed by atoms with van der Waals surface area (Å²) < 4.78 is 76.6. The molecule has 0 saturated carbocycles. The lowest BCUT2D eigenvalue weighted by Gasteiger charge is -2.40. The number of halogens is 4. The zero-order chi connectivity index (χ0) is 27.2. The average Bonchev–Trinajstić information content (AvgIpc) is 2.86. The fraction of sp³-hybridized carbons (Fsp3) is 0.321. The number of hydrogen-bond donors (Lipinski definition) is 0. The molecule has 1 aliphatic rings. The summed E-state index contributed by atoms with van der Waals surface area (Å²) in [7, 11) is 0. The minimum absolute atomic E-state index is 0.126. The third-order valence-electron chi connectivity index (χ3n) is 6.12. The molecule has 3 aromatic carbocycles. The smallest absolute Gasteiger partial charge is 0.491 e. The molecule has 3 aromatic rings. The van der Waals surface area contributed by atoms with Crippen molar-refractivity contribution in [3.8, 4) is 28.4 Å². The highest BCUT2D eigenvalue weighted by Gasteiger charge is 2.37. The predicted octanol–water partition coefficient (Wildman–Crippen LogP) is 6.43. The van der Waals surface area contributed by atoms with Crippen molar-refractivity contribution in [2.24, 2.45) is 5.41 Å². The van der Waals surface area contributed by atoms with Gasteiger partial charge < -0.3 is 23.7 Å². The second-order valence-corrected chi connectivity index (χ2v) is 8.88.